The second-order valence-corrected chi connectivity index (χ2v) is 8.39. The smallest absolute Gasteiger partial charge is 0.326 e. The Morgan fingerprint density at radius 3 is 2.53 bits per heavy atom. The summed E-state index contributed by atoms with van der Waals surface area (Å²) >= 11 is 0. The van der Waals surface area contributed by atoms with Crippen molar-refractivity contribution in [1.82, 2.24) is 14.8 Å². The Morgan fingerprint density at radius 2 is 1.91 bits per heavy atom. The number of amides is 4. The number of fused-ring (bicyclic) bond motifs is 1. The van der Waals surface area contributed by atoms with Crippen LogP contribution in [0.2, 0.25) is 0 Å². The van der Waals surface area contributed by atoms with E-state index in [1.807, 2.05) is 13.8 Å². The molecule has 1 aliphatic heterocycles. The third kappa shape index (κ3) is 4.83. The highest BCUT2D eigenvalue weighted by atomic mass is 16.4. The van der Waals surface area contributed by atoms with Gasteiger partial charge in [0.2, 0.25) is 5.91 Å². The molecule has 1 fully saturated rings. The van der Waals surface area contributed by atoms with E-state index < -0.39 is 42.1 Å². The maximum absolute atomic E-state index is 13.0. The molecule has 11 heteroatoms. The number of nitrogens with two attached hydrogens (primary N) is 2. The fraction of sp³-hybridized carbons (Fsp3) is 0.429. The van der Waals surface area contributed by atoms with Crippen LogP contribution in [0.3, 0.4) is 0 Å². The van der Waals surface area contributed by atoms with Gasteiger partial charge in [0.15, 0.2) is 0 Å². The van der Waals surface area contributed by atoms with Gasteiger partial charge in [-0.3, -0.25) is 9.36 Å². The number of aliphatic carboxylic acids is 1. The minimum absolute atomic E-state index is 0.0595. The van der Waals surface area contributed by atoms with Crippen molar-refractivity contribution in [3.8, 4) is 0 Å². The number of primary amides is 1. The molecular formula is C21H28N6O5. The van der Waals surface area contributed by atoms with Crippen molar-refractivity contribution in [2.75, 3.05) is 11.9 Å². The van der Waals surface area contributed by atoms with Gasteiger partial charge < -0.3 is 32.1 Å². The summed E-state index contributed by atoms with van der Waals surface area (Å²) in [6.45, 7) is 3.84. The van der Waals surface area contributed by atoms with Gasteiger partial charge in [-0.05, 0) is 24.8 Å². The lowest BCUT2D eigenvalue weighted by molar-refractivity contribution is -0.142. The van der Waals surface area contributed by atoms with E-state index in [1.165, 1.54) is 15.7 Å². The molecule has 1 aliphatic rings. The van der Waals surface area contributed by atoms with E-state index in [0.29, 0.717) is 16.6 Å². The normalized spacial score (nSPS) is 19.2. The minimum Gasteiger partial charge on any atom is -0.480 e. The van der Waals surface area contributed by atoms with Crippen molar-refractivity contribution in [2.45, 2.75) is 44.8 Å². The number of rotatable bonds is 6. The number of carboxylic acid groups (broad SMARTS) is 1. The van der Waals surface area contributed by atoms with Crippen molar-refractivity contribution in [3.63, 3.8) is 0 Å². The number of carboxylic acids is 1. The first-order valence-corrected chi connectivity index (χ1v) is 10.3. The van der Waals surface area contributed by atoms with Gasteiger partial charge in [0.1, 0.15) is 12.1 Å². The van der Waals surface area contributed by atoms with Crippen molar-refractivity contribution in [1.29, 1.82) is 0 Å². The molecule has 1 saturated heterocycles. The first-order valence-electron chi connectivity index (χ1n) is 10.3. The summed E-state index contributed by atoms with van der Waals surface area (Å²) in [5.41, 5.74) is 12.3. The number of hydrogen-bond donors (Lipinski definition) is 5. The first kappa shape index (κ1) is 23.1. The Bertz CT molecular complexity index is 1050. The van der Waals surface area contributed by atoms with Crippen LogP contribution in [0.4, 0.5) is 15.3 Å². The van der Waals surface area contributed by atoms with E-state index in [4.69, 9.17) is 11.5 Å². The van der Waals surface area contributed by atoms with Gasteiger partial charge in [-0.1, -0.05) is 32.0 Å². The average Bonchev–Trinajstić information content (AvgIpc) is 3.28. The second kappa shape index (κ2) is 9.27. The number of carbonyl (C=O) groups is 4. The number of para-hydroxylation sites is 1. The SMILES string of the molecule is CC(C)C[C@H](NC(=O)[C@@H]1C[C@H](N)CN1C(=O)Nc1cn(C(N)=O)c2ccccc12)C(=O)O. The van der Waals surface area contributed by atoms with E-state index in [1.54, 1.807) is 24.3 Å². The molecule has 7 N–H and O–H groups in total. The number of benzene rings is 1. The van der Waals surface area contributed by atoms with Crippen LogP contribution in [0.1, 0.15) is 26.7 Å². The quantitative estimate of drug-likeness (QED) is 0.446. The van der Waals surface area contributed by atoms with Crippen LogP contribution in [0, 0.1) is 5.92 Å². The highest BCUT2D eigenvalue weighted by Gasteiger charge is 2.39. The van der Waals surface area contributed by atoms with Crippen LogP contribution in [-0.2, 0) is 9.59 Å². The molecule has 11 nitrogen and oxygen atoms in total. The van der Waals surface area contributed by atoms with Gasteiger partial charge in [0, 0.05) is 24.2 Å². The Hall–Kier alpha value is -3.60. The van der Waals surface area contributed by atoms with Crippen LogP contribution < -0.4 is 22.1 Å². The van der Waals surface area contributed by atoms with Crippen molar-refractivity contribution < 1.29 is 24.3 Å². The van der Waals surface area contributed by atoms with Gasteiger partial charge in [0.05, 0.1) is 11.2 Å². The van der Waals surface area contributed by atoms with Gasteiger partial charge in [-0.25, -0.2) is 14.4 Å². The molecule has 0 bridgehead atoms. The van der Waals surface area contributed by atoms with Crippen LogP contribution in [0.5, 0.6) is 0 Å². The number of anilines is 1. The number of nitrogens with zero attached hydrogens (tertiary/aromatic N) is 2. The Balaban J connectivity index is 1.80. The molecule has 1 aromatic heterocycles. The maximum Gasteiger partial charge on any atom is 0.326 e. The summed E-state index contributed by atoms with van der Waals surface area (Å²) in [6, 6.07) is 3.23. The number of carbonyl (C=O) groups excluding carboxylic acids is 3. The zero-order valence-electron chi connectivity index (χ0n) is 17.9. The van der Waals surface area contributed by atoms with Gasteiger partial charge in [-0.15, -0.1) is 0 Å². The predicted molar refractivity (Wildman–Crippen MR) is 118 cm³/mol. The van der Waals surface area contributed by atoms with Gasteiger partial charge in [0.25, 0.3) is 0 Å². The summed E-state index contributed by atoms with van der Waals surface area (Å²) in [5.74, 6) is -1.64. The molecule has 4 amide bonds. The Morgan fingerprint density at radius 1 is 1.22 bits per heavy atom. The third-order valence-corrected chi connectivity index (χ3v) is 5.41. The molecule has 0 unspecified atom stereocenters. The molecule has 2 aromatic rings. The minimum atomic E-state index is -1.13. The average molecular weight is 444 g/mol. The lowest BCUT2D eigenvalue weighted by atomic mass is 10.0. The van der Waals surface area contributed by atoms with E-state index in [9.17, 15) is 24.3 Å². The number of aromatic nitrogens is 1. The fourth-order valence-corrected chi connectivity index (χ4v) is 3.95. The number of urea groups is 1. The summed E-state index contributed by atoms with van der Waals surface area (Å²) in [4.78, 5) is 50.4. The standard InChI is InChI=1S/C21H28N6O5/c1-11(2)7-14(19(29)30)24-18(28)17-8-12(22)9-27(17)21(32)25-15-10-26(20(23)31)16-6-4-3-5-13(15)16/h3-6,10-12,14,17H,7-9,22H2,1-2H3,(H2,23,31)(H,24,28)(H,25,32)(H,29,30)/t12-,14-,17-/m0/s1. The van der Waals surface area contributed by atoms with Crippen LogP contribution in [0.25, 0.3) is 10.9 Å². The molecule has 1 aromatic carbocycles. The lowest BCUT2D eigenvalue weighted by Gasteiger charge is -2.26. The fourth-order valence-electron chi connectivity index (χ4n) is 3.95. The molecule has 3 atom stereocenters. The lowest BCUT2D eigenvalue weighted by Crippen LogP contribution is -2.52. The van der Waals surface area contributed by atoms with E-state index in [-0.39, 0.29) is 25.3 Å². The molecule has 32 heavy (non-hydrogen) atoms. The largest absolute Gasteiger partial charge is 0.480 e. The Kier molecular flexibility index (Phi) is 6.68. The highest BCUT2D eigenvalue weighted by Crippen LogP contribution is 2.27. The predicted octanol–water partition coefficient (Wildman–Crippen LogP) is 1.12. The topological polar surface area (TPSA) is 173 Å². The number of nitrogens with one attached hydrogen (secondary N) is 2. The van der Waals surface area contributed by atoms with Gasteiger partial charge >= 0.3 is 18.0 Å². The molecule has 0 radical (unpaired) electrons. The zero-order chi connectivity index (χ0) is 23.6. The number of hydrogen-bond acceptors (Lipinski definition) is 5. The summed E-state index contributed by atoms with van der Waals surface area (Å²) in [7, 11) is 0. The highest BCUT2D eigenvalue weighted by molar-refractivity contribution is 6.05. The third-order valence-electron chi connectivity index (χ3n) is 5.41. The van der Waals surface area contributed by atoms with E-state index in [0.717, 1.165) is 0 Å². The second-order valence-electron chi connectivity index (χ2n) is 8.39. The molecular weight excluding hydrogens is 416 g/mol. The first-order chi connectivity index (χ1) is 15.1. The summed E-state index contributed by atoms with van der Waals surface area (Å²) in [6.07, 6.45) is 1.88. The number of likely N-dealkylation sites (tertiary alicyclic amines) is 1. The molecule has 2 heterocycles. The van der Waals surface area contributed by atoms with Crippen molar-refractivity contribution >= 4 is 40.5 Å². The van der Waals surface area contributed by atoms with E-state index in [2.05, 4.69) is 10.6 Å². The molecule has 172 valence electrons. The Labute approximate surface area is 184 Å². The van der Waals surface area contributed by atoms with Gasteiger partial charge in [-0.2, -0.15) is 0 Å². The molecule has 0 saturated carbocycles. The molecule has 0 spiro atoms. The van der Waals surface area contributed by atoms with Crippen LogP contribution >= 0.6 is 0 Å². The summed E-state index contributed by atoms with van der Waals surface area (Å²) < 4.78 is 1.22. The molecule has 0 aliphatic carbocycles. The van der Waals surface area contributed by atoms with Crippen LogP contribution in [0.15, 0.2) is 30.5 Å². The maximum atomic E-state index is 13.0. The van der Waals surface area contributed by atoms with Crippen molar-refractivity contribution in [2.24, 2.45) is 17.4 Å². The van der Waals surface area contributed by atoms with Crippen molar-refractivity contribution in [3.05, 3.63) is 30.5 Å². The monoisotopic (exact) mass is 444 g/mol. The molecule has 3 rings (SSSR count). The zero-order valence-corrected chi connectivity index (χ0v) is 17.9. The van der Waals surface area contributed by atoms with E-state index >= 15 is 0 Å². The summed E-state index contributed by atoms with van der Waals surface area (Å²) in [5, 5.41) is 15.3. The van der Waals surface area contributed by atoms with Crippen LogP contribution in [-0.4, -0.2) is 63.2 Å².